The van der Waals surface area contributed by atoms with Gasteiger partial charge in [0, 0.05) is 35.0 Å². The fraction of sp³-hybridized carbons (Fsp3) is 0.235. The molecule has 1 amide bonds. The van der Waals surface area contributed by atoms with Gasteiger partial charge in [0.2, 0.25) is 0 Å². The molecule has 0 fully saturated rings. The van der Waals surface area contributed by atoms with E-state index in [0.717, 1.165) is 11.8 Å². The summed E-state index contributed by atoms with van der Waals surface area (Å²) in [4.78, 5) is 25.6. The summed E-state index contributed by atoms with van der Waals surface area (Å²) in [5, 5.41) is 11.0. The molecular formula is C17H17FN2O3S. The molecule has 2 aromatic rings. The number of carbonyl (C=O) groups is 1. The van der Waals surface area contributed by atoms with Crippen LogP contribution in [0, 0.1) is 15.9 Å². The first kappa shape index (κ1) is 17.9. The molecule has 0 radical (unpaired) electrons. The maximum atomic E-state index is 13.9. The Hall–Kier alpha value is -2.41. The number of non-ortho nitro benzene ring substituents is 1. The van der Waals surface area contributed by atoms with Gasteiger partial charge < -0.3 is 4.90 Å². The van der Waals surface area contributed by atoms with Crippen LogP contribution in [0.2, 0.25) is 0 Å². The maximum absolute atomic E-state index is 13.9. The van der Waals surface area contributed by atoms with Crippen molar-refractivity contribution in [3.8, 4) is 0 Å². The second-order valence-electron chi connectivity index (χ2n) is 4.95. The molecule has 0 aliphatic rings. The van der Waals surface area contributed by atoms with E-state index in [9.17, 15) is 19.3 Å². The fourth-order valence-corrected chi connectivity index (χ4v) is 3.16. The Morgan fingerprint density at radius 2 is 1.83 bits per heavy atom. The SMILES string of the molecule is CCN(CC)C(=O)c1cc([N+](=O)[O-])ccc1Sc1ccccc1F. The maximum Gasteiger partial charge on any atom is 0.270 e. The third-order valence-electron chi connectivity index (χ3n) is 3.51. The highest BCUT2D eigenvalue weighted by atomic mass is 32.2. The van der Waals surface area contributed by atoms with Crippen molar-refractivity contribution in [3.05, 3.63) is 64.0 Å². The monoisotopic (exact) mass is 348 g/mol. The highest BCUT2D eigenvalue weighted by Gasteiger charge is 2.21. The number of benzene rings is 2. The topological polar surface area (TPSA) is 63.5 Å². The van der Waals surface area contributed by atoms with Crippen LogP contribution in [-0.2, 0) is 0 Å². The molecule has 0 saturated carbocycles. The van der Waals surface area contributed by atoms with Crippen molar-refractivity contribution < 1.29 is 14.1 Å². The molecule has 2 rings (SSSR count). The highest BCUT2D eigenvalue weighted by Crippen LogP contribution is 2.34. The van der Waals surface area contributed by atoms with Gasteiger partial charge in [0.15, 0.2) is 0 Å². The predicted octanol–water partition coefficient (Wildman–Crippen LogP) is 4.37. The summed E-state index contributed by atoms with van der Waals surface area (Å²) in [6.45, 7) is 4.65. The van der Waals surface area contributed by atoms with Gasteiger partial charge in [0.1, 0.15) is 5.82 Å². The van der Waals surface area contributed by atoms with Gasteiger partial charge in [-0.25, -0.2) is 4.39 Å². The van der Waals surface area contributed by atoms with Crippen LogP contribution in [0.25, 0.3) is 0 Å². The van der Waals surface area contributed by atoms with E-state index < -0.39 is 10.7 Å². The Morgan fingerprint density at radius 1 is 1.17 bits per heavy atom. The number of nitro benzene ring substituents is 1. The molecule has 0 atom stereocenters. The third kappa shape index (κ3) is 3.91. The smallest absolute Gasteiger partial charge is 0.270 e. The third-order valence-corrected chi connectivity index (χ3v) is 4.64. The lowest BCUT2D eigenvalue weighted by atomic mass is 10.1. The molecule has 0 aliphatic heterocycles. The zero-order valence-corrected chi connectivity index (χ0v) is 14.2. The van der Waals surface area contributed by atoms with E-state index >= 15 is 0 Å². The normalized spacial score (nSPS) is 10.5. The number of nitrogens with zero attached hydrogens (tertiary/aromatic N) is 2. The van der Waals surface area contributed by atoms with Gasteiger partial charge >= 0.3 is 0 Å². The van der Waals surface area contributed by atoms with Gasteiger partial charge in [0.25, 0.3) is 11.6 Å². The molecule has 0 bridgehead atoms. The molecule has 5 nitrogen and oxygen atoms in total. The molecule has 7 heteroatoms. The van der Waals surface area contributed by atoms with Crippen molar-refractivity contribution in [1.82, 2.24) is 4.90 Å². The number of hydrogen-bond acceptors (Lipinski definition) is 4. The van der Waals surface area contributed by atoms with Crippen molar-refractivity contribution in [2.24, 2.45) is 0 Å². The lowest BCUT2D eigenvalue weighted by molar-refractivity contribution is -0.384. The van der Waals surface area contributed by atoms with Gasteiger partial charge in [-0.15, -0.1) is 0 Å². The largest absolute Gasteiger partial charge is 0.339 e. The van der Waals surface area contributed by atoms with E-state index in [-0.39, 0.29) is 17.2 Å². The zero-order chi connectivity index (χ0) is 17.7. The van der Waals surface area contributed by atoms with Crippen LogP contribution in [0.4, 0.5) is 10.1 Å². The summed E-state index contributed by atoms with van der Waals surface area (Å²) < 4.78 is 13.9. The molecule has 0 spiro atoms. The van der Waals surface area contributed by atoms with Crippen LogP contribution in [0.5, 0.6) is 0 Å². The van der Waals surface area contributed by atoms with E-state index in [1.54, 1.807) is 23.1 Å². The summed E-state index contributed by atoms with van der Waals surface area (Å²) >= 11 is 1.08. The van der Waals surface area contributed by atoms with Gasteiger partial charge in [-0.1, -0.05) is 23.9 Å². The van der Waals surface area contributed by atoms with E-state index in [4.69, 9.17) is 0 Å². The van der Waals surface area contributed by atoms with Crippen LogP contribution in [-0.4, -0.2) is 28.8 Å². The summed E-state index contributed by atoms with van der Waals surface area (Å²) in [5.41, 5.74) is 0.0459. The predicted molar refractivity (Wildman–Crippen MR) is 90.9 cm³/mol. The average Bonchev–Trinajstić information content (AvgIpc) is 2.58. The Morgan fingerprint density at radius 3 is 2.42 bits per heavy atom. The summed E-state index contributed by atoms with van der Waals surface area (Å²) in [6, 6.07) is 10.3. The minimum Gasteiger partial charge on any atom is -0.339 e. The first-order valence-corrected chi connectivity index (χ1v) is 8.29. The highest BCUT2D eigenvalue weighted by molar-refractivity contribution is 7.99. The molecule has 0 N–H and O–H groups in total. The van der Waals surface area contributed by atoms with Crippen molar-refractivity contribution in [3.63, 3.8) is 0 Å². The van der Waals surface area contributed by atoms with Crippen molar-refractivity contribution in [1.29, 1.82) is 0 Å². The quantitative estimate of drug-likeness (QED) is 0.574. The first-order valence-electron chi connectivity index (χ1n) is 7.48. The Balaban J connectivity index is 2.48. The standard InChI is InChI=1S/C17H17FN2O3S/c1-3-19(4-2)17(21)13-11-12(20(22)23)9-10-15(13)24-16-8-6-5-7-14(16)18/h5-11H,3-4H2,1-2H3. The van der Waals surface area contributed by atoms with Crippen LogP contribution < -0.4 is 0 Å². The second-order valence-corrected chi connectivity index (χ2v) is 6.03. The van der Waals surface area contributed by atoms with Crippen molar-refractivity contribution in [2.45, 2.75) is 23.6 Å². The lowest BCUT2D eigenvalue weighted by Crippen LogP contribution is -2.30. The van der Waals surface area contributed by atoms with Gasteiger partial charge in [0.05, 0.1) is 10.5 Å². The summed E-state index contributed by atoms with van der Waals surface area (Å²) in [5.74, 6) is -0.704. The average molecular weight is 348 g/mol. The summed E-state index contributed by atoms with van der Waals surface area (Å²) in [7, 11) is 0. The van der Waals surface area contributed by atoms with Crippen molar-refractivity contribution >= 4 is 23.4 Å². The van der Waals surface area contributed by atoms with Crippen molar-refractivity contribution in [2.75, 3.05) is 13.1 Å². The van der Waals surface area contributed by atoms with Crippen LogP contribution >= 0.6 is 11.8 Å². The van der Waals surface area contributed by atoms with Crippen LogP contribution in [0.15, 0.2) is 52.3 Å². The molecule has 24 heavy (non-hydrogen) atoms. The van der Waals surface area contributed by atoms with Gasteiger partial charge in [-0.3, -0.25) is 14.9 Å². The minimum absolute atomic E-state index is 0.164. The van der Waals surface area contributed by atoms with E-state index in [0.29, 0.717) is 22.9 Å². The van der Waals surface area contributed by atoms with E-state index in [1.807, 2.05) is 13.8 Å². The van der Waals surface area contributed by atoms with Gasteiger partial charge in [-0.05, 0) is 32.0 Å². The molecule has 0 aliphatic carbocycles. The lowest BCUT2D eigenvalue weighted by Gasteiger charge is -2.20. The Bertz CT molecular complexity index is 763. The number of hydrogen-bond donors (Lipinski definition) is 0. The molecule has 0 saturated heterocycles. The van der Waals surface area contributed by atoms with E-state index in [1.165, 1.54) is 24.3 Å². The molecule has 0 aromatic heterocycles. The fourth-order valence-electron chi connectivity index (χ4n) is 2.21. The molecule has 126 valence electrons. The van der Waals surface area contributed by atoms with Gasteiger partial charge in [-0.2, -0.15) is 0 Å². The Kier molecular flexibility index (Phi) is 5.92. The van der Waals surface area contributed by atoms with Crippen LogP contribution in [0.3, 0.4) is 0 Å². The zero-order valence-electron chi connectivity index (χ0n) is 13.4. The van der Waals surface area contributed by atoms with E-state index in [2.05, 4.69) is 0 Å². The molecule has 2 aromatic carbocycles. The number of amides is 1. The molecule has 0 unspecified atom stereocenters. The first-order chi connectivity index (χ1) is 11.5. The molecular weight excluding hydrogens is 331 g/mol. The summed E-state index contributed by atoms with van der Waals surface area (Å²) in [6.07, 6.45) is 0. The number of carbonyl (C=O) groups excluding carboxylic acids is 1. The number of halogens is 1. The Labute approximate surface area is 143 Å². The number of nitro groups is 1. The number of rotatable bonds is 6. The second kappa shape index (κ2) is 7.92. The molecule has 0 heterocycles. The minimum atomic E-state index is -0.545. The van der Waals surface area contributed by atoms with Crippen LogP contribution in [0.1, 0.15) is 24.2 Å².